The Hall–Kier alpha value is -2.56. The number of piperidine rings is 1. The third kappa shape index (κ3) is 3.75. The highest BCUT2D eigenvalue weighted by Crippen LogP contribution is 2.21. The molecule has 0 saturated carbocycles. The maximum absolute atomic E-state index is 11.9. The molecule has 1 fully saturated rings. The number of amides is 2. The highest BCUT2D eigenvalue weighted by molar-refractivity contribution is 5.99. The first-order chi connectivity index (χ1) is 10.8. The fourth-order valence-electron chi connectivity index (χ4n) is 2.62. The second-order valence-electron chi connectivity index (χ2n) is 5.39. The fraction of sp³-hybridized carbons (Fsp3) is 0.294. The van der Waals surface area contributed by atoms with Crippen LogP contribution >= 0.6 is 0 Å². The van der Waals surface area contributed by atoms with Gasteiger partial charge in [0.15, 0.2) is 0 Å². The van der Waals surface area contributed by atoms with Gasteiger partial charge in [-0.1, -0.05) is 6.07 Å². The molecule has 5 heteroatoms. The molecular weight excluding hydrogens is 276 g/mol. The van der Waals surface area contributed by atoms with Crippen molar-refractivity contribution in [2.75, 3.05) is 28.6 Å². The minimum Gasteiger partial charge on any atom is -0.372 e. The number of hydrogen-bond acceptors (Lipinski definition) is 3. The molecule has 22 heavy (non-hydrogen) atoms. The van der Waals surface area contributed by atoms with Gasteiger partial charge < -0.3 is 10.2 Å². The van der Waals surface area contributed by atoms with E-state index >= 15 is 0 Å². The number of nitrogens with zero attached hydrogens (tertiary/aromatic N) is 2. The second-order valence-corrected chi connectivity index (χ2v) is 5.39. The smallest absolute Gasteiger partial charge is 0.324 e. The Morgan fingerprint density at radius 1 is 0.955 bits per heavy atom. The molecule has 0 spiro atoms. The van der Waals surface area contributed by atoms with Crippen molar-refractivity contribution < 1.29 is 4.79 Å². The Morgan fingerprint density at radius 2 is 1.73 bits per heavy atom. The van der Waals surface area contributed by atoms with E-state index in [1.807, 2.05) is 24.3 Å². The Labute approximate surface area is 130 Å². The number of carbonyl (C=O) groups excluding carboxylic acids is 1. The van der Waals surface area contributed by atoms with Crippen LogP contribution in [0.15, 0.2) is 48.7 Å². The highest BCUT2D eigenvalue weighted by atomic mass is 16.2. The van der Waals surface area contributed by atoms with Gasteiger partial charge in [-0.3, -0.25) is 5.32 Å². The number of benzene rings is 1. The summed E-state index contributed by atoms with van der Waals surface area (Å²) in [5, 5.41) is 5.51. The molecule has 5 nitrogen and oxygen atoms in total. The fourth-order valence-corrected chi connectivity index (χ4v) is 2.62. The topological polar surface area (TPSA) is 57.3 Å². The van der Waals surface area contributed by atoms with Crippen LogP contribution in [0.3, 0.4) is 0 Å². The minimum absolute atomic E-state index is 0.288. The monoisotopic (exact) mass is 296 g/mol. The predicted octanol–water partition coefficient (Wildman–Crippen LogP) is 3.72. The molecule has 2 heterocycles. The van der Waals surface area contributed by atoms with Gasteiger partial charge in [0.1, 0.15) is 5.82 Å². The standard InChI is InChI=1S/C17H20N4O/c22-17(20-16-6-2-3-11-18-16)19-14-7-9-15(10-8-14)21-12-4-1-5-13-21/h2-3,6-11H,1,4-5,12-13H2,(H2,18,19,20,22). The van der Waals surface area contributed by atoms with Crippen molar-refractivity contribution >= 4 is 23.2 Å². The highest BCUT2D eigenvalue weighted by Gasteiger charge is 2.10. The number of aromatic nitrogens is 1. The lowest BCUT2D eigenvalue weighted by molar-refractivity contribution is 0.262. The largest absolute Gasteiger partial charge is 0.372 e. The summed E-state index contributed by atoms with van der Waals surface area (Å²) in [6.07, 6.45) is 5.48. The van der Waals surface area contributed by atoms with Crippen LogP contribution in [0.2, 0.25) is 0 Å². The van der Waals surface area contributed by atoms with Crippen LogP contribution < -0.4 is 15.5 Å². The predicted molar refractivity (Wildman–Crippen MR) is 89.4 cm³/mol. The van der Waals surface area contributed by atoms with Gasteiger partial charge in [-0.05, 0) is 55.7 Å². The molecule has 1 saturated heterocycles. The van der Waals surface area contributed by atoms with E-state index in [2.05, 4.69) is 32.7 Å². The van der Waals surface area contributed by atoms with Gasteiger partial charge in [-0.2, -0.15) is 0 Å². The van der Waals surface area contributed by atoms with Gasteiger partial charge in [0.05, 0.1) is 0 Å². The number of pyridine rings is 1. The van der Waals surface area contributed by atoms with Crippen molar-refractivity contribution in [3.05, 3.63) is 48.7 Å². The van der Waals surface area contributed by atoms with Gasteiger partial charge in [-0.25, -0.2) is 9.78 Å². The van der Waals surface area contributed by atoms with Gasteiger partial charge in [-0.15, -0.1) is 0 Å². The number of hydrogen-bond donors (Lipinski definition) is 2. The van der Waals surface area contributed by atoms with Crippen LogP contribution in [0, 0.1) is 0 Å². The van der Waals surface area contributed by atoms with Crippen LogP contribution in [0.4, 0.5) is 22.0 Å². The summed E-state index contributed by atoms with van der Waals surface area (Å²) in [5.41, 5.74) is 1.99. The second kappa shape index (κ2) is 6.93. The molecule has 2 amide bonds. The van der Waals surface area contributed by atoms with Crippen LogP contribution in [0.25, 0.3) is 0 Å². The van der Waals surface area contributed by atoms with Crippen molar-refractivity contribution in [1.29, 1.82) is 0 Å². The molecule has 1 aromatic heterocycles. The Bertz CT molecular complexity index is 606. The molecule has 0 unspecified atom stereocenters. The van der Waals surface area contributed by atoms with E-state index in [0.717, 1.165) is 18.8 Å². The van der Waals surface area contributed by atoms with Gasteiger partial charge in [0, 0.05) is 30.7 Å². The van der Waals surface area contributed by atoms with Crippen molar-refractivity contribution in [1.82, 2.24) is 4.98 Å². The third-order valence-electron chi connectivity index (χ3n) is 3.75. The lowest BCUT2D eigenvalue weighted by atomic mass is 10.1. The Morgan fingerprint density at radius 3 is 2.41 bits per heavy atom. The summed E-state index contributed by atoms with van der Waals surface area (Å²) in [4.78, 5) is 18.3. The lowest BCUT2D eigenvalue weighted by Gasteiger charge is -2.28. The maximum Gasteiger partial charge on any atom is 0.324 e. The van der Waals surface area contributed by atoms with Crippen molar-refractivity contribution in [3.63, 3.8) is 0 Å². The summed E-state index contributed by atoms with van der Waals surface area (Å²) in [6, 6.07) is 13.1. The Balaban J connectivity index is 1.57. The van der Waals surface area contributed by atoms with E-state index in [1.54, 1.807) is 12.3 Å². The average molecular weight is 296 g/mol. The molecule has 2 N–H and O–H groups in total. The number of nitrogens with one attached hydrogen (secondary N) is 2. The molecule has 0 atom stereocenters. The van der Waals surface area contributed by atoms with E-state index < -0.39 is 0 Å². The zero-order valence-electron chi connectivity index (χ0n) is 12.5. The number of rotatable bonds is 3. The minimum atomic E-state index is -0.288. The van der Waals surface area contributed by atoms with E-state index in [0.29, 0.717) is 5.82 Å². The van der Waals surface area contributed by atoms with E-state index in [4.69, 9.17) is 0 Å². The Kier molecular flexibility index (Phi) is 4.53. The van der Waals surface area contributed by atoms with E-state index in [1.165, 1.54) is 24.9 Å². The van der Waals surface area contributed by atoms with Crippen LogP contribution in [-0.4, -0.2) is 24.1 Å². The van der Waals surface area contributed by atoms with Gasteiger partial charge in [0.25, 0.3) is 0 Å². The molecule has 2 aromatic rings. The van der Waals surface area contributed by atoms with Crippen molar-refractivity contribution in [3.8, 4) is 0 Å². The maximum atomic E-state index is 11.9. The molecule has 1 aliphatic heterocycles. The number of urea groups is 1. The van der Waals surface area contributed by atoms with E-state index in [9.17, 15) is 4.79 Å². The molecule has 0 aliphatic carbocycles. The normalized spacial score (nSPS) is 14.5. The zero-order chi connectivity index (χ0) is 15.2. The summed E-state index contributed by atoms with van der Waals surface area (Å²) < 4.78 is 0. The van der Waals surface area contributed by atoms with E-state index in [-0.39, 0.29) is 6.03 Å². The summed E-state index contributed by atoms with van der Waals surface area (Å²) in [7, 11) is 0. The average Bonchev–Trinajstić information content (AvgIpc) is 2.57. The number of carbonyl (C=O) groups is 1. The van der Waals surface area contributed by atoms with Gasteiger partial charge in [0.2, 0.25) is 0 Å². The third-order valence-corrected chi connectivity index (χ3v) is 3.75. The first-order valence-corrected chi connectivity index (χ1v) is 7.65. The first kappa shape index (κ1) is 14.4. The zero-order valence-corrected chi connectivity index (χ0v) is 12.5. The van der Waals surface area contributed by atoms with Crippen LogP contribution in [-0.2, 0) is 0 Å². The molecular formula is C17H20N4O. The SMILES string of the molecule is O=C(Nc1ccc(N2CCCCC2)cc1)Nc1ccccn1. The van der Waals surface area contributed by atoms with Crippen molar-refractivity contribution in [2.24, 2.45) is 0 Å². The number of anilines is 3. The molecule has 114 valence electrons. The molecule has 1 aromatic carbocycles. The molecule has 0 bridgehead atoms. The summed E-state index contributed by atoms with van der Waals surface area (Å²) in [5.74, 6) is 0.532. The molecule has 1 aliphatic rings. The van der Waals surface area contributed by atoms with Crippen LogP contribution in [0.5, 0.6) is 0 Å². The van der Waals surface area contributed by atoms with Gasteiger partial charge >= 0.3 is 6.03 Å². The summed E-state index contributed by atoms with van der Waals surface area (Å²) in [6.45, 7) is 2.24. The molecule has 0 radical (unpaired) electrons. The quantitative estimate of drug-likeness (QED) is 0.907. The molecule has 3 rings (SSSR count). The summed E-state index contributed by atoms with van der Waals surface area (Å²) >= 11 is 0. The first-order valence-electron chi connectivity index (χ1n) is 7.65. The van der Waals surface area contributed by atoms with Crippen LogP contribution in [0.1, 0.15) is 19.3 Å². The van der Waals surface area contributed by atoms with Crippen molar-refractivity contribution in [2.45, 2.75) is 19.3 Å². The lowest BCUT2D eigenvalue weighted by Crippen LogP contribution is -2.29.